The SMILES string of the molecule is COC(CC(C)(C)C)C(N)=O. The van der Waals surface area contributed by atoms with Gasteiger partial charge in [-0.15, -0.1) is 0 Å². The smallest absolute Gasteiger partial charge is 0.246 e. The number of hydrogen-bond donors (Lipinski definition) is 1. The minimum absolute atomic E-state index is 0.0791. The molecule has 1 atom stereocenters. The fourth-order valence-electron chi connectivity index (χ4n) is 0.856. The molecule has 1 amide bonds. The van der Waals surface area contributed by atoms with Crippen LogP contribution < -0.4 is 5.73 Å². The van der Waals surface area contributed by atoms with Crippen LogP contribution in [0.1, 0.15) is 27.2 Å². The largest absolute Gasteiger partial charge is 0.372 e. The number of carbonyl (C=O) groups is 1. The van der Waals surface area contributed by atoms with Gasteiger partial charge >= 0.3 is 0 Å². The summed E-state index contributed by atoms with van der Waals surface area (Å²) in [5.41, 5.74) is 5.17. The van der Waals surface area contributed by atoms with Crippen molar-refractivity contribution in [2.24, 2.45) is 11.1 Å². The highest BCUT2D eigenvalue weighted by molar-refractivity contribution is 5.78. The second kappa shape index (κ2) is 3.72. The molecule has 2 N–H and O–H groups in total. The number of primary amides is 1. The van der Waals surface area contributed by atoms with Crippen LogP contribution in [0.5, 0.6) is 0 Å². The van der Waals surface area contributed by atoms with Crippen LogP contribution in [0.3, 0.4) is 0 Å². The Kier molecular flexibility index (Phi) is 3.52. The average Bonchev–Trinajstić information content (AvgIpc) is 1.80. The molecule has 0 aliphatic rings. The molecular formula is C8H17NO2. The molecule has 0 rings (SSSR count). The van der Waals surface area contributed by atoms with Gasteiger partial charge in [-0.1, -0.05) is 20.8 Å². The van der Waals surface area contributed by atoms with Crippen molar-refractivity contribution >= 4 is 5.91 Å². The molecule has 0 bridgehead atoms. The molecule has 0 aromatic carbocycles. The first-order valence-electron chi connectivity index (χ1n) is 3.69. The first kappa shape index (κ1) is 10.4. The van der Waals surface area contributed by atoms with E-state index in [0.29, 0.717) is 6.42 Å². The van der Waals surface area contributed by atoms with Gasteiger partial charge in [-0.05, 0) is 11.8 Å². The van der Waals surface area contributed by atoms with Crippen LogP contribution in [0.25, 0.3) is 0 Å². The van der Waals surface area contributed by atoms with Crippen LogP contribution in [0.15, 0.2) is 0 Å². The van der Waals surface area contributed by atoms with Gasteiger partial charge < -0.3 is 10.5 Å². The lowest BCUT2D eigenvalue weighted by atomic mass is 9.89. The van der Waals surface area contributed by atoms with E-state index in [1.165, 1.54) is 7.11 Å². The van der Waals surface area contributed by atoms with Crippen molar-refractivity contribution in [3.05, 3.63) is 0 Å². The zero-order valence-electron chi connectivity index (χ0n) is 7.68. The lowest BCUT2D eigenvalue weighted by Crippen LogP contribution is -2.33. The summed E-state index contributed by atoms with van der Waals surface area (Å²) in [5, 5.41) is 0. The predicted molar refractivity (Wildman–Crippen MR) is 44.1 cm³/mol. The van der Waals surface area contributed by atoms with Gasteiger partial charge in [-0.2, -0.15) is 0 Å². The van der Waals surface area contributed by atoms with Crippen molar-refractivity contribution in [3.8, 4) is 0 Å². The topological polar surface area (TPSA) is 52.3 Å². The van der Waals surface area contributed by atoms with Crippen LogP contribution in [0.2, 0.25) is 0 Å². The number of carbonyl (C=O) groups excluding carboxylic acids is 1. The Hall–Kier alpha value is -0.570. The Bertz CT molecular complexity index is 138. The van der Waals surface area contributed by atoms with Gasteiger partial charge in [0.15, 0.2) is 0 Å². The molecule has 11 heavy (non-hydrogen) atoms. The highest BCUT2D eigenvalue weighted by Crippen LogP contribution is 2.21. The second-order valence-corrected chi connectivity index (χ2v) is 3.89. The summed E-state index contributed by atoms with van der Waals surface area (Å²) >= 11 is 0. The van der Waals surface area contributed by atoms with Gasteiger partial charge in [0.2, 0.25) is 5.91 Å². The number of hydrogen-bond acceptors (Lipinski definition) is 2. The van der Waals surface area contributed by atoms with E-state index in [2.05, 4.69) is 0 Å². The van der Waals surface area contributed by atoms with E-state index in [1.807, 2.05) is 20.8 Å². The normalized spacial score (nSPS) is 14.5. The Morgan fingerprint density at radius 2 is 2.00 bits per heavy atom. The lowest BCUT2D eigenvalue weighted by Gasteiger charge is -2.22. The third-order valence-electron chi connectivity index (χ3n) is 1.40. The van der Waals surface area contributed by atoms with Crippen molar-refractivity contribution in [2.75, 3.05) is 7.11 Å². The minimum Gasteiger partial charge on any atom is -0.372 e. The molecule has 0 aliphatic heterocycles. The highest BCUT2D eigenvalue weighted by atomic mass is 16.5. The number of amides is 1. The fraction of sp³-hybridized carbons (Fsp3) is 0.875. The molecule has 0 aliphatic carbocycles. The Balaban J connectivity index is 3.99. The van der Waals surface area contributed by atoms with Crippen LogP contribution in [0.4, 0.5) is 0 Å². The van der Waals surface area contributed by atoms with Crippen molar-refractivity contribution in [1.29, 1.82) is 0 Å². The Morgan fingerprint density at radius 1 is 1.55 bits per heavy atom. The molecule has 0 saturated carbocycles. The van der Waals surface area contributed by atoms with E-state index in [-0.39, 0.29) is 11.3 Å². The summed E-state index contributed by atoms with van der Waals surface area (Å²) in [6.07, 6.45) is 0.216. The molecule has 3 nitrogen and oxygen atoms in total. The number of methoxy groups -OCH3 is 1. The summed E-state index contributed by atoms with van der Waals surface area (Å²) in [6.45, 7) is 6.13. The summed E-state index contributed by atoms with van der Waals surface area (Å²) in [4.78, 5) is 10.7. The quantitative estimate of drug-likeness (QED) is 0.665. The highest BCUT2D eigenvalue weighted by Gasteiger charge is 2.22. The molecule has 0 aromatic rings. The number of rotatable bonds is 3. The molecule has 66 valence electrons. The van der Waals surface area contributed by atoms with Crippen molar-refractivity contribution in [2.45, 2.75) is 33.3 Å². The van der Waals surface area contributed by atoms with Gasteiger partial charge in [0.05, 0.1) is 0 Å². The van der Waals surface area contributed by atoms with Gasteiger partial charge in [0.25, 0.3) is 0 Å². The van der Waals surface area contributed by atoms with Crippen LogP contribution in [-0.2, 0) is 9.53 Å². The summed E-state index contributed by atoms with van der Waals surface area (Å²) in [7, 11) is 1.50. The second-order valence-electron chi connectivity index (χ2n) is 3.89. The molecular weight excluding hydrogens is 142 g/mol. The van der Waals surface area contributed by atoms with Crippen LogP contribution >= 0.6 is 0 Å². The van der Waals surface area contributed by atoms with Crippen molar-refractivity contribution < 1.29 is 9.53 Å². The maximum Gasteiger partial charge on any atom is 0.246 e. The third kappa shape index (κ3) is 4.79. The first-order chi connectivity index (χ1) is 4.87. The number of ether oxygens (including phenoxy) is 1. The van der Waals surface area contributed by atoms with Crippen LogP contribution in [-0.4, -0.2) is 19.1 Å². The number of nitrogens with two attached hydrogens (primary N) is 1. The molecule has 0 heterocycles. The Morgan fingerprint density at radius 3 is 2.09 bits per heavy atom. The van der Waals surface area contributed by atoms with E-state index >= 15 is 0 Å². The van der Waals surface area contributed by atoms with E-state index < -0.39 is 6.10 Å². The molecule has 0 radical (unpaired) electrons. The van der Waals surface area contributed by atoms with Gasteiger partial charge in [-0.3, -0.25) is 4.79 Å². The zero-order valence-corrected chi connectivity index (χ0v) is 7.68. The lowest BCUT2D eigenvalue weighted by molar-refractivity contribution is -0.129. The molecule has 0 spiro atoms. The first-order valence-corrected chi connectivity index (χ1v) is 3.69. The van der Waals surface area contributed by atoms with Crippen LogP contribution in [0, 0.1) is 5.41 Å². The minimum atomic E-state index is -0.449. The van der Waals surface area contributed by atoms with E-state index in [4.69, 9.17) is 10.5 Å². The van der Waals surface area contributed by atoms with Crippen molar-refractivity contribution in [1.82, 2.24) is 0 Å². The fourth-order valence-corrected chi connectivity index (χ4v) is 0.856. The Labute approximate surface area is 67.9 Å². The average molecular weight is 159 g/mol. The van der Waals surface area contributed by atoms with E-state index in [9.17, 15) is 4.79 Å². The van der Waals surface area contributed by atoms with E-state index in [1.54, 1.807) is 0 Å². The molecule has 0 saturated heterocycles. The third-order valence-corrected chi connectivity index (χ3v) is 1.40. The van der Waals surface area contributed by atoms with Crippen molar-refractivity contribution in [3.63, 3.8) is 0 Å². The monoisotopic (exact) mass is 159 g/mol. The maximum atomic E-state index is 10.7. The molecule has 1 unspecified atom stereocenters. The summed E-state index contributed by atoms with van der Waals surface area (Å²) < 4.78 is 4.91. The summed E-state index contributed by atoms with van der Waals surface area (Å²) in [5.74, 6) is -0.387. The maximum absolute atomic E-state index is 10.7. The predicted octanol–water partition coefficient (Wildman–Crippen LogP) is 0.923. The molecule has 3 heteroatoms. The van der Waals surface area contributed by atoms with Gasteiger partial charge in [-0.25, -0.2) is 0 Å². The summed E-state index contributed by atoms with van der Waals surface area (Å²) in [6, 6.07) is 0. The molecule has 0 aromatic heterocycles. The van der Waals surface area contributed by atoms with E-state index in [0.717, 1.165) is 0 Å². The zero-order chi connectivity index (χ0) is 9.07. The standard InChI is InChI=1S/C8H17NO2/c1-8(2,3)5-6(11-4)7(9)10/h6H,5H2,1-4H3,(H2,9,10). The molecule has 0 fully saturated rings. The van der Waals surface area contributed by atoms with Gasteiger partial charge in [0.1, 0.15) is 6.10 Å². The van der Waals surface area contributed by atoms with Gasteiger partial charge in [0, 0.05) is 7.11 Å².